The summed E-state index contributed by atoms with van der Waals surface area (Å²) in [5, 5.41) is 2.33. The molecule has 8 nitrogen and oxygen atoms in total. The van der Waals surface area contributed by atoms with Gasteiger partial charge in [-0.2, -0.15) is 4.31 Å². The maximum Gasteiger partial charge on any atom is 0.337 e. The van der Waals surface area contributed by atoms with Crippen molar-refractivity contribution in [2.24, 2.45) is 0 Å². The molecule has 0 saturated heterocycles. The molecule has 1 aromatic carbocycles. The smallest absolute Gasteiger partial charge is 0.337 e. The fourth-order valence-electron chi connectivity index (χ4n) is 1.56. The van der Waals surface area contributed by atoms with Gasteiger partial charge in [-0.05, 0) is 18.2 Å². The molecule has 0 unspecified atom stereocenters. The van der Waals surface area contributed by atoms with Crippen LogP contribution in [0.1, 0.15) is 10.4 Å². The van der Waals surface area contributed by atoms with Crippen molar-refractivity contribution in [2.45, 2.75) is 4.90 Å². The third-order valence-corrected chi connectivity index (χ3v) is 4.64. The number of anilines is 1. The van der Waals surface area contributed by atoms with Crippen LogP contribution in [0.4, 0.5) is 5.69 Å². The summed E-state index contributed by atoms with van der Waals surface area (Å²) in [7, 11) is -0.0528. The maximum atomic E-state index is 12.3. The molecule has 21 heavy (non-hydrogen) atoms. The standard InChI is InChI=1S/C12H17N3O5S/c1-14-11(16)7-15(2)21(18,19)10-5-4-8(6-9(10)13)12(17)20-3/h4-6H,7,13H2,1-3H3,(H,14,16). The summed E-state index contributed by atoms with van der Waals surface area (Å²) in [5.41, 5.74) is 5.73. The van der Waals surface area contributed by atoms with Gasteiger partial charge in [-0.1, -0.05) is 0 Å². The Hall–Kier alpha value is -2.13. The summed E-state index contributed by atoms with van der Waals surface area (Å²) in [5.74, 6) is -1.07. The minimum absolute atomic E-state index is 0.0957. The Labute approximate surface area is 122 Å². The van der Waals surface area contributed by atoms with E-state index in [9.17, 15) is 18.0 Å². The Balaban J connectivity index is 3.15. The number of nitrogen functional groups attached to an aromatic ring is 1. The molecule has 1 aromatic rings. The van der Waals surface area contributed by atoms with E-state index in [4.69, 9.17) is 5.73 Å². The second-order valence-electron chi connectivity index (χ2n) is 4.18. The summed E-state index contributed by atoms with van der Waals surface area (Å²) in [4.78, 5) is 22.4. The van der Waals surface area contributed by atoms with E-state index in [1.807, 2.05) is 0 Å². The molecule has 3 N–H and O–H groups in total. The van der Waals surface area contributed by atoms with E-state index in [1.54, 1.807) is 0 Å². The molecule has 0 fully saturated rings. The number of carbonyl (C=O) groups is 2. The number of amides is 1. The van der Waals surface area contributed by atoms with E-state index in [0.29, 0.717) is 0 Å². The van der Waals surface area contributed by atoms with Crippen LogP contribution in [0.15, 0.2) is 23.1 Å². The number of nitrogens with one attached hydrogen (secondary N) is 1. The Bertz CT molecular complexity index is 657. The zero-order chi connectivity index (χ0) is 16.2. The number of hydrogen-bond acceptors (Lipinski definition) is 6. The van der Waals surface area contributed by atoms with Crippen LogP contribution in [0.2, 0.25) is 0 Å². The number of hydrogen-bond donors (Lipinski definition) is 2. The molecule has 0 atom stereocenters. The number of carbonyl (C=O) groups excluding carboxylic acids is 2. The van der Waals surface area contributed by atoms with Crippen LogP contribution in [0.5, 0.6) is 0 Å². The highest BCUT2D eigenvalue weighted by Gasteiger charge is 2.25. The second-order valence-corrected chi connectivity index (χ2v) is 6.19. The predicted octanol–water partition coefficient (Wildman–Crippen LogP) is -0.578. The fraction of sp³-hybridized carbons (Fsp3) is 0.333. The molecule has 0 spiro atoms. The quantitative estimate of drug-likeness (QED) is 0.554. The van der Waals surface area contributed by atoms with Crippen molar-refractivity contribution in [3.8, 4) is 0 Å². The Morgan fingerprint density at radius 1 is 1.38 bits per heavy atom. The third-order valence-electron chi connectivity index (χ3n) is 2.76. The van der Waals surface area contributed by atoms with Crippen LogP contribution in [0, 0.1) is 0 Å². The first-order valence-corrected chi connectivity index (χ1v) is 7.32. The molecule has 0 heterocycles. The number of ether oxygens (including phenoxy) is 1. The van der Waals surface area contributed by atoms with Gasteiger partial charge in [0, 0.05) is 14.1 Å². The predicted molar refractivity (Wildman–Crippen MR) is 76.1 cm³/mol. The first-order chi connectivity index (χ1) is 9.73. The second kappa shape index (κ2) is 6.55. The molecule has 9 heteroatoms. The number of nitrogens with zero attached hydrogens (tertiary/aromatic N) is 1. The zero-order valence-corrected chi connectivity index (χ0v) is 12.7. The average Bonchev–Trinajstić information content (AvgIpc) is 2.45. The van der Waals surface area contributed by atoms with Crippen LogP contribution >= 0.6 is 0 Å². The van der Waals surface area contributed by atoms with Gasteiger partial charge >= 0.3 is 5.97 Å². The first-order valence-electron chi connectivity index (χ1n) is 5.88. The first kappa shape index (κ1) is 16.9. The number of methoxy groups -OCH3 is 1. The van der Waals surface area contributed by atoms with Crippen molar-refractivity contribution in [3.05, 3.63) is 23.8 Å². The molecular weight excluding hydrogens is 298 g/mol. The molecule has 0 bridgehead atoms. The van der Waals surface area contributed by atoms with Crippen molar-refractivity contribution in [1.82, 2.24) is 9.62 Å². The van der Waals surface area contributed by atoms with Crippen molar-refractivity contribution in [1.29, 1.82) is 0 Å². The van der Waals surface area contributed by atoms with Crippen molar-refractivity contribution in [2.75, 3.05) is 33.5 Å². The van der Waals surface area contributed by atoms with Crippen molar-refractivity contribution in [3.63, 3.8) is 0 Å². The number of nitrogens with two attached hydrogens (primary N) is 1. The lowest BCUT2D eigenvalue weighted by Gasteiger charge is -2.17. The van der Waals surface area contributed by atoms with Gasteiger partial charge in [0.05, 0.1) is 24.9 Å². The molecular formula is C12H17N3O5S. The number of rotatable bonds is 5. The van der Waals surface area contributed by atoms with Gasteiger partial charge in [0.15, 0.2) is 0 Å². The summed E-state index contributed by atoms with van der Waals surface area (Å²) in [6.45, 7) is -0.336. The van der Waals surface area contributed by atoms with E-state index >= 15 is 0 Å². The highest BCUT2D eigenvalue weighted by Crippen LogP contribution is 2.23. The van der Waals surface area contributed by atoms with Gasteiger partial charge in [0.1, 0.15) is 4.90 Å². The normalized spacial score (nSPS) is 11.2. The van der Waals surface area contributed by atoms with Crippen molar-refractivity contribution < 1.29 is 22.7 Å². The van der Waals surface area contributed by atoms with Crippen LogP contribution in [0.25, 0.3) is 0 Å². The number of esters is 1. The molecule has 0 aliphatic carbocycles. The highest BCUT2D eigenvalue weighted by atomic mass is 32.2. The van der Waals surface area contributed by atoms with Gasteiger partial charge in [-0.3, -0.25) is 4.79 Å². The Morgan fingerprint density at radius 3 is 2.48 bits per heavy atom. The van der Waals surface area contributed by atoms with E-state index in [2.05, 4.69) is 10.1 Å². The third kappa shape index (κ3) is 3.70. The topological polar surface area (TPSA) is 119 Å². The van der Waals surface area contributed by atoms with Gasteiger partial charge in [0.25, 0.3) is 0 Å². The highest BCUT2D eigenvalue weighted by molar-refractivity contribution is 7.89. The molecule has 0 radical (unpaired) electrons. The Kier molecular flexibility index (Phi) is 5.28. The van der Waals surface area contributed by atoms with Crippen LogP contribution in [0.3, 0.4) is 0 Å². The fourth-order valence-corrected chi connectivity index (χ4v) is 2.78. The lowest BCUT2D eigenvalue weighted by molar-refractivity contribution is -0.120. The average molecular weight is 315 g/mol. The van der Waals surface area contributed by atoms with Crippen LogP contribution < -0.4 is 11.1 Å². The minimum atomic E-state index is -3.93. The molecule has 0 saturated carbocycles. The van der Waals surface area contributed by atoms with E-state index in [0.717, 1.165) is 4.31 Å². The van der Waals surface area contributed by atoms with Gasteiger partial charge in [-0.15, -0.1) is 0 Å². The lowest BCUT2D eigenvalue weighted by Crippen LogP contribution is -2.37. The number of sulfonamides is 1. The molecule has 0 aliphatic heterocycles. The van der Waals surface area contributed by atoms with Crippen molar-refractivity contribution >= 4 is 27.6 Å². The SMILES string of the molecule is CNC(=O)CN(C)S(=O)(=O)c1ccc(C(=O)OC)cc1N. The van der Waals surface area contributed by atoms with Gasteiger partial charge < -0.3 is 15.8 Å². The van der Waals surface area contributed by atoms with E-state index in [1.165, 1.54) is 39.4 Å². The molecule has 1 rings (SSSR count). The van der Waals surface area contributed by atoms with Gasteiger partial charge in [0.2, 0.25) is 15.9 Å². The van der Waals surface area contributed by atoms with Crippen LogP contribution in [-0.2, 0) is 19.6 Å². The largest absolute Gasteiger partial charge is 0.465 e. The Morgan fingerprint density at radius 2 is 2.00 bits per heavy atom. The maximum absolute atomic E-state index is 12.3. The van der Waals surface area contributed by atoms with Gasteiger partial charge in [-0.25, -0.2) is 13.2 Å². The zero-order valence-electron chi connectivity index (χ0n) is 11.9. The number of likely N-dealkylation sites (N-methyl/N-ethyl adjacent to an activating group) is 2. The molecule has 0 aromatic heterocycles. The van der Waals surface area contributed by atoms with E-state index in [-0.39, 0.29) is 22.7 Å². The summed E-state index contributed by atoms with van der Waals surface area (Å²) in [6.07, 6.45) is 0. The number of benzene rings is 1. The lowest BCUT2D eigenvalue weighted by atomic mass is 10.2. The summed E-state index contributed by atoms with van der Waals surface area (Å²) in [6, 6.07) is 3.71. The molecule has 1 amide bonds. The van der Waals surface area contributed by atoms with E-state index < -0.39 is 21.9 Å². The summed E-state index contributed by atoms with van der Waals surface area (Å²) < 4.78 is 30.0. The summed E-state index contributed by atoms with van der Waals surface area (Å²) >= 11 is 0. The molecule has 0 aliphatic rings. The molecule has 116 valence electrons. The monoisotopic (exact) mass is 315 g/mol. The van der Waals surface area contributed by atoms with Crippen LogP contribution in [-0.4, -0.2) is 52.3 Å². The minimum Gasteiger partial charge on any atom is -0.465 e.